The summed E-state index contributed by atoms with van der Waals surface area (Å²) in [5.74, 6) is -4.07. The molecule has 0 aromatic heterocycles. The third-order valence-electron chi connectivity index (χ3n) is 1.92. The van der Waals surface area contributed by atoms with Gasteiger partial charge in [0.15, 0.2) is 0 Å². The van der Waals surface area contributed by atoms with Crippen molar-refractivity contribution in [2.24, 2.45) is 11.7 Å². The molecule has 0 aromatic carbocycles. The number of aliphatic hydroxyl groups excluding tert-OH is 2. The first-order valence-corrected chi connectivity index (χ1v) is 6.09. The summed E-state index contributed by atoms with van der Waals surface area (Å²) in [5.41, 5.74) is 4.14. The van der Waals surface area contributed by atoms with Crippen LogP contribution >= 0.6 is 0 Å². The van der Waals surface area contributed by atoms with Gasteiger partial charge in [0.2, 0.25) is 0 Å². The summed E-state index contributed by atoms with van der Waals surface area (Å²) in [6.07, 6.45) is -0.302. The fraction of sp³-hybridized carbons (Fsp3) is 0.786. The zero-order chi connectivity index (χ0) is 17.2. The Hall–Kier alpha value is -1.71. The lowest BCUT2D eigenvalue weighted by Gasteiger charge is -2.20. The summed E-state index contributed by atoms with van der Waals surface area (Å²) < 4.78 is 4.91. The van der Waals surface area contributed by atoms with Crippen LogP contribution < -0.4 is 5.73 Å². The Balaban J connectivity index is -0.000000173. The van der Waals surface area contributed by atoms with Crippen LogP contribution in [0.2, 0.25) is 0 Å². The molecule has 0 aromatic rings. The van der Waals surface area contributed by atoms with E-state index in [0.717, 1.165) is 0 Å². The molecular weight excluding hydrogens is 310 g/mol. The van der Waals surface area contributed by atoms with Gasteiger partial charge in [-0.25, -0.2) is 0 Å². The predicted molar refractivity (Wildman–Crippen MR) is 84.8 cm³/mol. The standard InChI is InChI=1S/C9H16O5.C3H7NO3.2CH4/c1-9(2,3)14-7(11)4-6(5-10)8(12)13;4-2(1-5)3(6)7;;/h6,10H,4-5H2,1-3H3,(H,12,13);2,5H,1,4H2,(H,6,7);2*1H4/t6-;2-;;/m11../s1. The van der Waals surface area contributed by atoms with E-state index in [1.54, 1.807) is 20.8 Å². The Kier molecular flexibility index (Phi) is 17.7. The van der Waals surface area contributed by atoms with E-state index in [-0.39, 0.29) is 21.3 Å². The van der Waals surface area contributed by atoms with Crippen molar-refractivity contribution in [2.75, 3.05) is 13.2 Å². The highest BCUT2D eigenvalue weighted by Gasteiger charge is 2.24. The number of hydrogen-bond acceptors (Lipinski definition) is 7. The second kappa shape index (κ2) is 13.9. The van der Waals surface area contributed by atoms with Crippen LogP contribution in [-0.2, 0) is 19.1 Å². The SMILES string of the molecule is C.C.CC(C)(C)OC(=O)C[C@H](CO)C(=O)O.N[C@H](CO)C(=O)O. The van der Waals surface area contributed by atoms with Gasteiger partial charge in [0.1, 0.15) is 11.6 Å². The number of carboxylic acid groups (broad SMARTS) is 2. The number of rotatable bonds is 6. The number of aliphatic hydroxyl groups is 2. The van der Waals surface area contributed by atoms with Crippen LogP contribution in [0.5, 0.6) is 0 Å². The van der Waals surface area contributed by atoms with Gasteiger partial charge in [-0.05, 0) is 20.8 Å². The normalized spacial score (nSPS) is 12.3. The van der Waals surface area contributed by atoms with E-state index in [2.05, 4.69) is 0 Å². The molecule has 0 heterocycles. The van der Waals surface area contributed by atoms with Crippen molar-refractivity contribution >= 4 is 17.9 Å². The van der Waals surface area contributed by atoms with E-state index >= 15 is 0 Å². The Bertz CT molecular complexity index is 351. The molecule has 0 saturated carbocycles. The van der Waals surface area contributed by atoms with Crippen molar-refractivity contribution in [3.8, 4) is 0 Å². The van der Waals surface area contributed by atoms with E-state index in [9.17, 15) is 14.4 Å². The highest BCUT2D eigenvalue weighted by molar-refractivity contribution is 5.79. The van der Waals surface area contributed by atoms with Gasteiger partial charge in [0.25, 0.3) is 0 Å². The molecular formula is C14H31NO8. The van der Waals surface area contributed by atoms with Crippen LogP contribution in [0.4, 0.5) is 0 Å². The summed E-state index contributed by atoms with van der Waals surface area (Å²) in [7, 11) is 0. The zero-order valence-electron chi connectivity index (χ0n) is 12.3. The van der Waals surface area contributed by atoms with Crippen LogP contribution in [0.25, 0.3) is 0 Å². The summed E-state index contributed by atoms with van der Waals surface area (Å²) in [6, 6.07) is -1.13. The quantitative estimate of drug-likeness (QED) is 0.420. The number of ether oxygens (including phenoxy) is 1. The van der Waals surface area contributed by atoms with Gasteiger partial charge in [-0.15, -0.1) is 0 Å². The minimum atomic E-state index is -1.20. The minimum absolute atomic E-state index is 0. The van der Waals surface area contributed by atoms with Crippen molar-refractivity contribution in [1.29, 1.82) is 0 Å². The first-order chi connectivity index (χ1) is 9.44. The second-order valence-electron chi connectivity index (χ2n) is 5.14. The molecule has 0 aliphatic heterocycles. The molecule has 0 aliphatic rings. The lowest BCUT2D eigenvalue weighted by atomic mass is 10.1. The molecule has 2 atom stereocenters. The fourth-order valence-corrected chi connectivity index (χ4v) is 0.892. The van der Waals surface area contributed by atoms with Gasteiger partial charge in [0, 0.05) is 0 Å². The van der Waals surface area contributed by atoms with E-state index in [1.807, 2.05) is 0 Å². The molecule has 0 radical (unpaired) electrons. The molecule has 140 valence electrons. The monoisotopic (exact) mass is 341 g/mol. The molecule has 0 unspecified atom stereocenters. The number of carbonyl (C=O) groups is 3. The van der Waals surface area contributed by atoms with E-state index in [1.165, 1.54) is 0 Å². The van der Waals surface area contributed by atoms with Crippen molar-refractivity contribution in [2.45, 2.75) is 53.7 Å². The largest absolute Gasteiger partial charge is 0.481 e. The van der Waals surface area contributed by atoms with Gasteiger partial charge in [0.05, 0.1) is 25.6 Å². The molecule has 23 heavy (non-hydrogen) atoms. The molecule has 0 saturated heterocycles. The van der Waals surface area contributed by atoms with E-state index in [0.29, 0.717) is 0 Å². The number of hydrogen-bond donors (Lipinski definition) is 5. The molecule has 0 rings (SSSR count). The molecule has 9 heteroatoms. The highest BCUT2D eigenvalue weighted by Crippen LogP contribution is 2.11. The van der Waals surface area contributed by atoms with Crippen molar-refractivity contribution in [3.05, 3.63) is 0 Å². The van der Waals surface area contributed by atoms with Crippen LogP contribution in [0.15, 0.2) is 0 Å². The van der Waals surface area contributed by atoms with Gasteiger partial charge in [-0.3, -0.25) is 14.4 Å². The lowest BCUT2D eigenvalue weighted by Crippen LogP contribution is -2.33. The Morgan fingerprint density at radius 1 is 1.00 bits per heavy atom. The van der Waals surface area contributed by atoms with Gasteiger partial charge in [-0.2, -0.15) is 0 Å². The van der Waals surface area contributed by atoms with Crippen molar-refractivity contribution in [1.82, 2.24) is 0 Å². The number of carboxylic acids is 2. The third kappa shape index (κ3) is 18.2. The smallest absolute Gasteiger partial charge is 0.322 e. The highest BCUT2D eigenvalue weighted by atomic mass is 16.6. The second-order valence-corrected chi connectivity index (χ2v) is 5.14. The molecule has 0 amide bonds. The Morgan fingerprint density at radius 2 is 1.43 bits per heavy atom. The molecule has 0 bridgehead atoms. The van der Waals surface area contributed by atoms with Gasteiger partial charge < -0.3 is 30.9 Å². The molecule has 0 fully saturated rings. The summed E-state index contributed by atoms with van der Waals surface area (Å²) in [6.45, 7) is 4.02. The van der Waals surface area contributed by atoms with E-state index in [4.69, 9.17) is 30.9 Å². The number of carbonyl (C=O) groups excluding carboxylic acids is 1. The fourth-order valence-electron chi connectivity index (χ4n) is 0.892. The molecule has 9 nitrogen and oxygen atoms in total. The average molecular weight is 341 g/mol. The summed E-state index contributed by atoms with van der Waals surface area (Å²) >= 11 is 0. The Labute approximate surface area is 137 Å². The summed E-state index contributed by atoms with van der Waals surface area (Å²) in [4.78, 5) is 31.2. The van der Waals surface area contributed by atoms with Gasteiger partial charge >= 0.3 is 17.9 Å². The van der Waals surface area contributed by atoms with E-state index < -0.39 is 48.7 Å². The number of aliphatic carboxylic acids is 2. The van der Waals surface area contributed by atoms with Crippen LogP contribution in [0.3, 0.4) is 0 Å². The maximum absolute atomic E-state index is 11.1. The van der Waals surface area contributed by atoms with Crippen LogP contribution in [-0.4, -0.2) is 63.2 Å². The maximum atomic E-state index is 11.1. The number of esters is 1. The van der Waals surface area contributed by atoms with Crippen molar-refractivity contribution in [3.63, 3.8) is 0 Å². The summed E-state index contributed by atoms with van der Waals surface area (Å²) in [5, 5.41) is 33.1. The minimum Gasteiger partial charge on any atom is -0.481 e. The molecule has 0 aliphatic carbocycles. The first-order valence-electron chi connectivity index (χ1n) is 6.09. The van der Waals surface area contributed by atoms with Crippen molar-refractivity contribution < 1.29 is 39.5 Å². The van der Waals surface area contributed by atoms with Crippen LogP contribution in [0.1, 0.15) is 42.0 Å². The Morgan fingerprint density at radius 3 is 1.61 bits per heavy atom. The number of nitrogens with two attached hydrogens (primary N) is 1. The third-order valence-corrected chi connectivity index (χ3v) is 1.92. The van der Waals surface area contributed by atoms with Crippen LogP contribution in [0, 0.1) is 5.92 Å². The first kappa shape index (κ1) is 29.3. The molecule has 0 spiro atoms. The average Bonchev–Trinajstić information content (AvgIpc) is 2.32. The predicted octanol–water partition coefficient (Wildman–Crippen LogP) is 0.0741. The zero-order valence-corrected chi connectivity index (χ0v) is 12.3. The maximum Gasteiger partial charge on any atom is 0.322 e. The van der Waals surface area contributed by atoms with Gasteiger partial charge in [-0.1, -0.05) is 14.9 Å². The molecule has 6 N–H and O–H groups in total. The topological polar surface area (TPSA) is 167 Å². The lowest BCUT2D eigenvalue weighted by molar-refractivity contribution is -0.160.